The third kappa shape index (κ3) is 4.26. The van der Waals surface area contributed by atoms with E-state index in [-0.39, 0.29) is 17.9 Å². The van der Waals surface area contributed by atoms with E-state index in [4.69, 9.17) is 35.6 Å². The quantitative estimate of drug-likeness (QED) is 0.469. The highest BCUT2D eigenvalue weighted by Crippen LogP contribution is 2.60. The molecule has 5 aliphatic rings. The van der Waals surface area contributed by atoms with Crippen LogP contribution in [-0.4, -0.2) is 43.2 Å². The van der Waals surface area contributed by atoms with Crippen LogP contribution in [0.1, 0.15) is 46.5 Å². The molecule has 1 saturated carbocycles. The number of ether oxygens (including phenoxy) is 3. The summed E-state index contributed by atoms with van der Waals surface area (Å²) in [6.07, 6.45) is 2.98. The first-order valence-corrected chi connectivity index (χ1v) is 12.3. The molecule has 8 nitrogen and oxygen atoms in total. The fourth-order valence-corrected chi connectivity index (χ4v) is 6.24. The number of benzene rings is 1. The summed E-state index contributed by atoms with van der Waals surface area (Å²) < 4.78 is 18.8. The summed E-state index contributed by atoms with van der Waals surface area (Å²) in [5.41, 5.74) is 0.0774. The Labute approximate surface area is 199 Å². The van der Waals surface area contributed by atoms with Crippen LogP contribution in [0.2, 0.25) is 5.02 Å². The van der Waals surface area contributed by atoms with Gasteiger partial charge in [-0.25, -0.2) is 14.6 Å². The van der Waals surface area contributed by atoms with Crippen molar-refractivity contribution >= 4 is 23.3 Å². The number of anilines is 1. The van der Waals surface area contributed by atoms with E-state index in [0.717, 1.165) is 25.7 Å². The van der Waals surface area contributed by atoms with Gasteiger partial charge in [-0.15, -0.1) is 0 Å². The lowest BCUT2D eigenvalue weighted by atomic mass is 9.58. The van der Waals surface area contributed by atoms with Crippen LogP contribution in [0.4, 0.5) is 10.5 Å². The second-order valence-corrected chi connectivity index (χ2v) is 10.5. The van der Waals surface area contributed by atoms with Crippen LogP contribution in [0, 0.1) is 23.7 Å². The Hall–Kier alpha value is -1.42. The molecule has 0 radical (unpaired) electrons. The van der Waals surface area contributed by atoms with Crippen LogP contribution in [0.25, 0.3) is 0 Å². The highest BCUT2D eigenvalue weighted by molar-refractivity contribution is 6.30. The predicted molar refractivity (Wildman–Crippen MR) is 121 cm³/mol. The molecule has 1 aromatic rings. The molecular formula is C24H33ClN2O6. The number of hydrogen-bond acceptors (Lipinski definition) is 6. The van der Waals surface area contributed by atoms with E-state index < -0.39 is 24.0 Å². The number of halogens is 1. The minimum atomic E-state index is -0.802. The molecule has 6 rings (SSSR count). The van der Waals surface area contributed by atoms with Crippen molar-refractivity contribution in [1.82, 2.24) is 5.32 Å². The lowest BCUT2D eigenvalue weighted by molar-refractivity contribution is -0.577. The van der Waals surface area contributed by atoms with Gasteiger partial charge in [-0.05, 0) is 62.3 Å². The standard InChI is InChI=1S/C24H33ClN2O6/c1-14-4-9-19-15(2)20(29-13-12-26-22(28)27-17-7-5-16(25)6-8-17)30-21-24(19)18(14)10-11-23(3,31-21)32-33-24/h5-8,14-15,18-21H,4,9-13H2,1-3H3,(H2,26,27,28)/t14-,15-,18+,19+,20+,21-,23-,24-/m1/s1. The summed E-state index contributed by atoms with van der Waals surface area (Å²) in [6.45, 7) is 7.03. The van der Waals surface area contributed by atoms with Crippen LogP contribution >= 0.6 is 11.6 Å². The number of hydrogen-bond donors (Lipinski definition) is 2. The van der Waals surface area contributed by atoms with Gasteiger partial charge in [0.15, 0.2) is 18.2 Å². The molecule has 1 aliphatic carbocycles. The Morgan fingerprint density at radius 3 is 2.73 bits per heavy atom. The Morgan fingerprint density at radius 2 is 1.94 bits per heavy atom. The molecule has 0 unspecified atom stereocenters. The average Bonchev–Trinajstić information content (AvgIpc) is 3.02. The maximum atomic E-state index is 12.1. The Balaban J connectivity index is 1.19. The monoisotopic (exact) mass is 480 g/mol. The van der Waals surface area contributed by atoms with Crippen molar-refractivity contribution in [2.24, 2.45) is 23.7 Å². The molecular weight excluding hydrogens is 448 g/mol. The lowest BCUT2D eigenvalue weighted by Crippen LogP contribution is -2.70. The first-order chi connectivity index (χ1) is 15.8. The van der Waals surface area contributed by atoms with E-state index in [1.807, 2.05) is 6.92 Å². The fraction of sp³-hybridized carbons (Fsp3) is 0.708. The van der Waals surface area contributed by atoms with E-state index in [1.54, 1.807) is 24.3 Å². The average molecular weight is 481 g/mol. The summed E-state index contributed by atoms with van der Waals surface area (Å²) >= 11 is 5.87. The van der Waals surface area contributed by atoms with Gasteiger partial charge in [0, 0.05) is 35.5 Å². The largest absolute Gasteiger partial charge is 0.350 e. The molecule has 2 N–H and O–H groups in total. The van der Waals surface area contributed by atoms with Crippen molar-refractivity contribution in [1.29, 1.82) is 0 Å². The second-order valence-electron chi connectivity index (χ2n) is 10.0. The van der Waals surface area contributed by atoms with E-state index in [9.17, 15) is 4.79 Å². The number of amides is 2. The summed E-state index contributed by atoms with van der Waals surface area (Å²) in [6, 6.07) is 6.64. The molecule has 4 aliphatic heterocycles. The zero-order chi connectivity index (χ0) is 23.2. The molecule has 8 atom stereocenters. The molecule has 4 heterocycles. The summed E-state index contributed by atoms with van der Waals surface area (Å²) in [4.78, 5) is 24.1. The number of fused-ring (bicyclic) bond motifs is 2. The highest BCUT2D eigenvalue weighted by Gasteiger charge is 2.69. The van der Waals surface area contributed by atoms with Crippen molar-refractivity contribution in [3.05, 3.63) is 29.3 Å². The van der Waals surface area contributed by atoms with Crippen molar-refractivity contribution in [3.63, 3.8) is 0 Å². The van der Waals surface area contributed by atoms with Gasteiger partial charge in [-0.2, -0.15) is 0 Å². The minimum Gasteiger partial charge on any atom is -0.350 e. The smallest absolute Gasteiger partial charge is 0.319 e. The van der Waals surface area contributed by atoms with Gasteiger partial charge in [-0.3, -0.25) is 0 Å². The van der Waals surface area contributed by atoms with E-state index in [1.165, 1.54) is 0 Å². The first kappa shape index (κ1) is 23.3. The number of carbonyl (C=O) groups is 1. The van der Waals surface area contributed by atoms with Gasteiger partial charge in [0.2, 0.25) is 5.79 Å². The van der Waals surface area contributed by atoms with E-state index >= 15 is 0 Å². The van der Waals surface area contributed by atoms with Crippen LogP contribution in [-0.2, 0) is 24.0 Å². The zero-order valence-corrected chi connectivity index (χ0v) is 20.1. The number of carbonyl (C=O) groups excluding carboxylic acids is 1. The Bertz CT molecular complexity index is 871. The van der Waals surface area contributed by atoms with E-state index in [2.05, 4.69) is 24.5 Å². The van der Waals surface area contributed by atoms with Gasteiger partial charge < -0.3 is 24.8 Å². The number of nitrogens with one attached hydrogen (secondary N) is 2. The highest BCUT2D eigenvalue weighted by atomic mass is 35.5. The fourth-order valence-electron chi connectivity index (χ4n) is 6.11. The SMILES string of the molecule is C[C@H]1[C@@H](OCCNC(=O)Nc2ccc(Cl)cc2)O[C@@H]2O[C@@]3(C)CC[C@H]4[C@H](C)CC[C@@H]1[C@@]24OO3. The van der Waals surface area contributed by atoms with Crippen LogP contribution < -0.4 is 10.6 Å². The summed E-state index contributed by atoms with van der Waals surface area (Å²) in [5, 5.41) is 6.20. The summed E-state index contributed by atoms with van der Waals surface area (Å²) in [7, 11) is 0. The molecule has 182 valence electrons. The molecule has 1 aromatic carbocycles. The van der Waals surface area contributed by atoms with Crippen molar-refractivity contribution < 1.29 is 28.8 Å². The van der Waals surface area contributed by atoms with Gasteiger partial charge in [0.1, 0.15) is 0 Å². The number of rotatable bonds is 5. The normalized spacial score (nSPS) is 41.7. The second kappa shape index (κ2) is 8.98. The van der Waals surface area contributed by atoms with Crippen LogP contribution in [0.5, 0.6) is 0 Å². The Morgan fingerprint density at radius 1 is 1.15 bits per heavy atom. The topological polar surface area (TPSA) is 87.3 Å². The Kier molecular flexibility index (Phi) is 6.35. The van der Waals surface area contributed by atoms with E-state index in [0.29, 0.717) is 35.7 Å². The van der Waals surface area contributed by atoms with Crippen LogP contribution in [0.15, 0.2) is 24.3 Å². The maximum Gasteiger partial charge on any atom is 0.319 e. The van der Waals surface area contributed by atoms with Crippen molar-refractivity contribution in [3.8, 4) is 0 Å². The molecule has 2 amide bonds. The molecule has 33 heavy (non-hydrogen) atoms. The third-order valence-corrected chi connectivity index (χ3v) is 8.12. The first-order valence-electron chi connectivity index (χ1n) is 11.9. The van der Waals surface area contributed by atoms with Crippen molar-refractivity contribution in [2.75, 3.05) is 18.5 Å². The van der Waals surface area contributed by atoms with Crippen LogP contribution in [0.3, 0.4) is 0 Å². The predicted octanol–water partition coefficient (Wildman–Crippen LogP) is 4.69. The van der Waals surface area contributed by atoms with Gasteiger partial charge >= 0.3 is 6.03 Å². The summed E-state index contributed by atoms with van der Waals surface area (Å²) in [5.74, 6) is 0.365. The maximum absolute atomic E-state index is 12.1. The molecule has 4 saturated heterocycles. The third-order valence-electron chi connectivity index (χ3n) is 7.87. The van der Waals surface area contributed by atoms with Crippen molar-refractivity contribution in [2.45, 2.75) is 70.4 Å². The van der Waals surface area contributed by atoms with Gasteiger partial charge in [-0.1, -0.05) is 25.4 Å². The van der Waals surface area contributed by atoms with Gasteiger partial charge in [0.05, 0.1) is 6.61 Å². The molecule has 0 aromatic heterocycles. The lowest BCUT2D eigenvalue weighted by Gasteiger charge is -2.60. The zero-order valence-electron chi connectivity index (χ0n) is 19.3. The van der Waals surface area contributed by atoms with Gasteiger partial charge in [0.25, 0.3) is 0 Å². The molecule has 2 bridgehead atoms. The minimum absolute atomic E-state index is 0.105. The number of urea groups is 1. The molecule has 9 heteroatoms. The molecule has 5 fully saturated rings. The molecule has 1 spiro atoms.